The molecule has 1 amide bonds. The SMILES string of the molecule is Cc1ccc2oc3c(c(=O)c2c1)C(c1ccc(Br)cc1)N(c1cccc(C(F)(F)F)c1)C3=O. The molecular formula is C25H15BrF3NO3. The molecule has 0 aliphatic carbocycles. The van der Waals surface area contributed by atoms with E-state index in [1.807, 2.05) is 6.92 Å². The maximum atomic E-state index is 13.5. The number of carbonyl (C=O) groups excluding carboxylic acids is 1. The van der Waals surface area contributed by atoms with Gasteiger partial charge in [-0.05, 0) is 55.0 Å². The Kier molecular flexibility index (Phi) is 4.93. The zero-order valence-electron chi connectivity index (χ0n) is 17.1. The summed E-state index contributed by atoms with van der Waals surface area (Å²) in [5.74, 6) is -0.835. The Morgan fingerprint density at radius 3 is 2.39 bits per heavy atom. The molecule has 1 aliphatic rings. The zero-order valence-corrected chi connectivity index (χ0v) is 18.7. The van der Waals surface area contributed by atoms with E-state index in [2.05, 4.69) is 15.9 Å². The van der Waals surface area contributed by atoms with E-state index in [-0.39, 0.29) is 28.0 Å². The fraction of sp³-hybridized carbons (Fsp3) is 0.120. The third-order valence-electron chi connectivity index (χ3n) is 5.66. The van der Waals surface area contributed by atoms with Crippen LogP contribution in [0.2, 0.25) is 0 Å². The normalized spacial score (nSPS) is 15.8. The number of nitrogens with zero attached hydrogens (tertiary/aromatic N) is 1. The van der Waals surface area contributed by atoms with E-state index in [1.165, 1.54) is 17.0 Å². The standard InChI is InChI=1S/C25H15BrF3NO3/c1-13-5-10-19-18(11-13)22(31)20-21(14-6-8-16(26)9-7-14)30(24(32)23(20)33-19)17-4-2-3-15(12-17)25(27,28)29/h2-12,21H,1H3. The summed E-state index contributed by atoms with van der Waals surface area (Å²) < 4.78 is 46.8. The fourth-order valence-electron chi connectivity index (χ4n) is 4.15. The molecule has 0 fully saturated rings. The number of anilines is 1. The number of hydrogen-bond donors (Lipinski definition) is 0. The van der Waals surface area contributed by atoms with Crippen LogP contribution in [0.5, 0.6) is 0 Å². The summed E-state index contributed by atoms with van der Waals surface area (Å²) in [5, 5.41) is 0.314. The molecule has 0 N–H and O–H groups in total. The van der Waals surface area contributed by atoms with Crippen molar-refractivity contribution in [3.05, 3.63) is 109 Å². The van der Waals surface area contributed by atoms with Crippen LogP contribution in [-0.2, 0) is 6.18 Å². The van der Waals surface area contributed by atoms with Crippen LogP contribution in [0.1, 0.15) is 38.9 Å². The highest BCUT2D eigenvalue weighted by Crippen LogP contribution is 2.42. The molecule has 3 aromatic carbocycles. The highest BCUT2D eigenvalue weighted by molar-refractivity contribution is 9.10. The molecule has 33 heavy (non-hydrogen) atoms. The van der Waals surface area contributed by atoms with Crippen LogP contribution < -0.4 is 10.3 Å². The van der Waals surface area contributed by atoms with Crippen LogP contribution >= 0.6 is 15.9 Å². The summed E-state index contributed by atoms with van der Waals surface area (Å²) in [7, 11) is 0. The summed E-state index contributed by atoms with van der Waals surface area (Å²) in [5.41, 5.74) is 0.518. The lowest BCUT2D eigenvalue weighted by molar-refractivity contribution is -0.137. The van der Waals surface area contributed by atoms with Gasteiger partial charge in [0.2, 0.25) is 5.76 Å². The van der Waals surface area contributed by atoms with Crippen molar-refractivity contribution >= 4 is 38.5 Å². The Hall–Kier alpha value is -3.39. The Morgan fingerprint density at radius 1 is 0.970 bits per heavy atom. The van der Waals surface area contributed by atoms with Gasteiger partial charge < -0.3 is 4.42 Å². The van der Waals surface area contributed by atoms with Gasteiger partial charge in [0.15, 0.2) is 5.43 Å². The minimum atomic E-state index is -4.58. The fourth-order valence-corrected chi connectivity index (χ4v) is 4.41. The zero-order chi connectivity index (χ0) is 23.5. The molecule has 8 heteroatoms. The van der Waals surface area contributed by atoms with Crippen molar-refractivity contribution in [3.8, 4) is 0 Å². The number of rotatable bonds is 2. The Bertz CT molecular complexity index is 1480. The monoisotopic (exact) mass is 513 g/mol. The van der Waals surface area contributed by atoms with Gasteiger partial charge >= 0.3 is 6.18 Å². The number of alkyl halides is 3. The molecule has 4 aromatic rings. The predicted octanol–water partition coefficient (Wildman–Crippen LogP) is 6.63. The van der Waals surface area contributed by atoms with Crippen molar-refractivity contribution in [3.63, 3.8) is 0 Å². The molecular weight excluding hydrogens is 499 g/mol. The Labute approximate surface area is 194 Å². The molecule has 1 aliphatic heterocycles. The minimum Gasteiger partial charge on any atom is -0.450 e. The molecule has 0 spiro atoms. The van der Waals surface area contributed by atoms with E-state index in [0.29, 0.717) is 10.9 Å². The van der Waals surface area contributed by atoms with Gasteiger partial charge in [-0.25, -0.2) is 0 Å². The smallest absolute Gasteiger partial charge is 0.416 e. The van der Waals surface area contributed by atoms with Crippen LogP contribution in [-0.4, -0.2) is 5.91 Å². The lowest BCUT2D eigenvalue weighted by atomic mass is 9.98. The van der Waals surface area contributed by atoms with Crippen molar-refractivity contribution in [1.29, 1.82) is 0 Å². The molecule has 1 aromatic heterocycles. The summed E-state index contributed by atoms with van der Waals surface area (Å²) in [6.07, 6.45) is -4.58. The summed E-state index contributed by atoms with van der Waals surface area (Å²) in [4.78, 5) is 28.2. The van der Waals surface area contributed by atoms with Gasteiger partial charge in [-0.1, -0.05) is 45.8 Å². The average molecular weight is 514 g/mol. The first-order chi connectivity index (χ1) is 15.6. The number of hydrogen-bond acceptors (Lipinski definition) is 3. The maximum absolute atomic E-state index is 13.5. The molecule has 0 bridgehead atoms. The number of halogens is 4. The van der Waals surface area contributed by atoms with Crippen LogP contribution in [0.3, 0.4) is 0 Å². The van der Waals surface area contributed by atoms with Crippen molar-refractivity contribution in [1.82, 2.24) is 0 Å². The van der Waals surface area contributed by atoms with E-state index in [4.69, 9.17) is 4.42 Å². The molecule has 0 radical (unpaired) electrons. The quantitative estimate of drug-likeness (QED) is 0.302. The second-order valence-corrected chi connectivity index (χ2v) is 8.77. The molecule has 4 nitrogen and oxygen atoms in total. The highest BCUT2D eigenvalue weighted by atomic mass is 79.9. The Balaban J connectivity index is 1.79. The topological polar surface area (TPSA) is 50.5 Å². The number of fused-ring (bicyclic) bond motifs is 2. The predicted molar refractivity (Wildman–Crippen MR) is 121 cm³/mol. The van der Waals surface area contributed by atoms with E-state index in [1.54, 1.807) is 42.5 Å². The van der Waals surface area contributed by atoms with Gasteiger partial charge in [0.05, 0.1) is 22.6 Å². The van der Waals surface area contributed by atoms with Crippen LogP contribution in [0.25, 0.3) is 11.0 Å². The van der Waals surface area contributed by atoms with Gasteiger partial charge in [0, 0.05) is 10.2 Å². The molecule has 2 heterocycles. The first kappa shape index (κ1) is 21.5. The third kappa shape index (κ3) is 3.54. The van der Waals surface area contributed by atoms with E-state index in [9.17, 15) is 22.8 Å². The summed E-state index contributed by atoms with van der Waals surface area (Å²) >= 11 is 3.36. The van der Waals surface area contributed by atoms with Gasteiger partial charge in [0.1, 0.15) is 5.58 Å². The number of carbonyl (C=O) groups is 1. The van der Waals surface area contributed by atoms with Crippen LogP contribution in [0, 0.1) is 6.92 Å². The molecule has 1 atom stereocenters. The first-order valence-electron chi connectivity index (χ1n) is 9.99. The van der Waals surface area contributed by atoms with E-state index < -0.39 is 23.7 Å². The molecule has 5 rings (SSSR count). The lowest BCUT2D eigenvalue weighted by Crippen LogP contribution is -2.29. The molecule has 0 saturated heterocycles. The summed E-state index contributed by atoms with van der Waals surface area (Å²) in [6.45, 7) is 1.83. The van der Waals surface area contributed by atoms with E-state index in [0.717, 1.165) is 22.2 Å². The highest BCUT2D eigenvalue weighted by Gasteiger charge is 2.44. The van der Waals surface area contributed by atoms with Gasteiger partial charge in [-0.15, -0.1) is 0 Å². The second kappa shape index (κ2) is 7.59. The Morgan fingerprint density at radius 2 is 1.70 bits per heavy atom. The van der Waals surface area contributed by atoms with Crippen LogP contribution in [0.15, 0.2) is 80.4 Å². The number of benzene rings is 3. The van der Waals surface area contributed by atoms with Crippen molar-refractivity contribution in [2.45, 2.75) is 19.1 Å². The largest absolute Gasteiger partial charge is 0.450 e. The second-order valence-electron chi connectivity index (χ2n) is 7.85. The molecule has 166 valence electrons. The average Bonchev–Trinajstić information content (AvgIpc) is 3.07. The minimum absolute atomic E-state index is 0.0220. The molecule has 0 saturated carbocycles. The van der Waals surface area contributed by atoms with Gasteiger partial charge in [0.25, 0.3) is 5.91 Å². The lowest BCUT2D eigenvalue weighted by Gasteiger charge is -2.26. The van der Waals surface area contributed by atoms with Crippen LogP contribution in [0.4, 0.5) is 18.9 Å². The summed E-state index contributed by atoms with van der Waals surface area (Å²) in [6, 6.07) is 15.5. The van der Waals surface area contributed by atoms with Gasteiger partial charge in [-0.2, -0.15) is 13.2 Å². The van der Waals surface area contributed by atoms with E-state index >= 15 is 0 Å². The van der Waals surface area contributed by atoms with Crippen molar-refractivity contribution in [2.75, 3.05) is 4.90 Å². The first-order valence-corrected chi connectivity index (χ1v) is 10.8. The van der Waals surface area contributed by atoms with Crippen molar-refractivity contribution in [2.24, 2.45) is 0 Å². The van der Waals surface area contributed by atoms with Crippen molar-refractivity contribution < 1.29 is 22.4 Å². The number of aryl methyl sites for hydroxylation is 1. The number of amides is 1. The third-order valence-corrected chi connectivity index (χ3v) is 6.19. The molecule has 1 unspecified atom stereocenters. The van der Waals surface area contributed by atoms with Gasteiger partial charge in [-0.3, -0.25) is 14.5 Å². The maximum Gasteiger partial charge on any atom is 0.416 e.